The molecular weight excluding hydrogens is 200 g/mol. The molecule has 0 atom stereocenters. The van der Waals surface area contributed by atoms with Gasteiger partial charge in [-0.2, -0.15) is 0 Å². The van der Waals surface area contributed by atoms with Crippen molar-refractivity contribution >= 4 is 21.4 Å². The van der Waals surface area contributed by atoms with E-state index in [9.17, 15) is 0 Å². The first-order valence-electron chi connectivity index (χ1n) is 5.51. The van der Waals surface area contributed by atoms with Crippen molar-refractivity contribution in [2.24, 2.45) is 0 Å². The lowest BCUT2D eigenvalue weighted by Gasteiger charge is -1.96. The van der Waals surface area contributed by atoms with Crippen LogP contribution in [0.25, 0.3) is 10.1 Å². The summed E-state index contributed by atoms with van der Waals surface area (Å²) < 4.78 is 1.39. The first-order chi connectivity index (χ1) is 7.40. The molecule has 2 rings (SSSR count). The predicted molar refractivity (Wildman–Crippen MR) is 69.6 cm³/mol. The van der Waals surface area contributed by atoms with E-state index in [0.29, 0.717) is 0 Å². The summed E-state index contributed by atoms with van der Waals surface area (Å²) in [5.74, 6) is 0. The van der Waals surface area contributed by atoms with E-state index in [0.717, 1.165) is 6.42 Å². The first kappa shape index (κ1) is 10.4. The number of unbranched alkanes of at least 4 members (excludes halogenated alkanes) is 1. The smallest absolute Gasteiger partial charge is 0.0342 e. The minimum Gasteiger partial charge on any atom is -0.144 e. The molecule has 0 bridgehead atoms. The molecule has 0 spiro atoms. The highest BCUT2D eigenvalue weighted by molar-refractivity contribution is 7.17. The van der Waals surface area contributed by atoms with Crippen LogP contribution < -0.4 is 0 Å². The molecule has 0 radical (unpaired) electrons. The molecular formula is C14H16S. The molecule has 0 unspecified atom stereocenters. The Morgan fingerprint density at radius 1 is 1.20 bits per heavy atom. The summed E-state index contributed by atoms with van der Waals surface area (Å²) in [6, 6.07) is 8.94. The maximum Gasteiger partial charge on any atom is 0.0342 e. The van der Waals surface area contributed by atoms with E-state index in [1.54, 1.807) is 0 Å². The fraction of sp³-hybridized carbons (Fsp3) is 0.286. The number of thiophene rings is 1. The van der Waals surface area contributed by atoms with Crippen LogP contribution in [0.1, 0.15) is 25.3 Å². The van der Waals surface area contributed by atoms with Crippen LogP contribution >= 0.6 is 11.3 Å². The number of rotatable bonds is 4. The zero-order chi connectivity index (χ0) is 10.5. The standard InChI is InChI=1S/C14H16S/c1-2-3-4-5-6-12-7-8-14-13(11-12)9-10-15-14/h4-5,7-11H,2-3,6H2,1H3. The third kappa shape index (κ3) is 2.69. The molecule has 0 saturated carbocycles. The van der Waals surface area contributed by atoms with E-state index >= 15 is 0 Å². The van der Waals surface area contributed by atoms with Gasteiger partial charge in [0, 0.05) is 4.70 Å². The Morgan fingerprint density at radius 2 is 2.13 bits per heavy atom. The minimum atomic E-state index is 1.06. The summed E-state index contributed by atoms with van der Waals surface area (Å²) in [7, 11) is 0. The average molecular weight is 216 g/mol. The van der Waals surface area contributed by atoms with Crippen LogP contribution in [0.2, 0.25) is 0 Å². The summed E-state index contributed by atoms with van der Waals surface area (Å²) in [6.07, 6.45) is 8.04. The van der Waals surface area contributed by atoms with E-state index in [1.165, 1.54) is 28.5 Å². The Hall–Kier alpha value is -1.08. The van der Waals surface area contributed by atoms with Gasteiger partial charge in [-0.1, -0.05) is 31.6 Å². The van der Waals surface area contributed by atoms with Crippen molar-refractivity contribution in [3.8, 4) is 0 Å². The summed E-state index contributed by atoms with van der Waals surface area (Å²) in [5.41, 5.74) is 1.41. The Kier molecular flexibility index (Phi) is 3.57. The summed E-state index contributed by atoms with van der Waals surface area (Å²) >= 11 is 1.81. The first-order valence-corrected chi connectivity index (χ1v) is 6.39. The van der Waals surface area contributed by atoms with Gasteiger partial charge in [0.1, 0.15) is 0 Å². The van der Waals surface area contributed by atoms with Gasteiger partial charge in [-0.15, -0.1) is 11.3 Å². The van der Waals surface area contributed by atoms with Gasteiger partial charge < -0.3 is 0 Å². The van der Waals surface area contributed by atoms with Crippen LogP contribution in [-0.4, -0.2) is 0 Å². The molecule has 0 aliphatic heterocycles. The molecule has 1 aromatic carbocycles. The number of allylic oxidation sites excluding steroid dienone is 2. The lowest BCUT2D eigenvalue weighted by Crippen LogP contribution is -1.79. The van der Waals surface area contributed by atoms with Crippen LogP contribution in [0.3, 0.4) is 0 Å². The molecule has 0 nitrogen and oxygen atoms in total. The summed E-state index contributed by atoms with van der Waals surface area (Å²) in [6.45, 7) is 2.21. The van der Waals surface area contributed by atoms with Crippen molar-refractivity contribution in [2.75, 3.05) is 0 Å². The van der Waals surface area contributed by atoms with E-state index in [-0.39, 0.29) is 0 Å². The highest BCUT2D eigenvalue weighted by Gasteiger charge is 1.95. The van der Waals surface area contributed by atoms with Gasteiger partial charge >= 0.3 is 0 Å². The van der Waals surface area contributed by atoms with Crippen molar-refractivity contribution in [1.29, 1.82) is 0 Å². The van der Waals surface area contributed by atoms with Crippen LogP contribution in [0.4, 0.5) is 0 Å². The Bertz CT molecular complexity index is 451. The second kappa shape index (κ2) is 5.13. The van der Waals surface area contributed by atoms with Gasteiger partial charge in [-0.3, -0.25) is 0 Å². The highest BCUT2D eigenvalue weighted by Crippen LogP contribution is 2.21. The highest BCUT2D eigenvalue weighted by atomic mass is 32.1. The molecule has 1 heteroatoms. The van der Waals surface area contributed by atoms with Gasteiger partial charge in [0.2, 0.25) is 0 Å². The van der Waals surface area contributed by atoms with E-state index in [4.69, 9.17) is 0 Å². The Labute approximate surface area is 95.3 Å². The van der Waals surface area contributed by atoms with Gasteiger partial charge in [-0.25, -0.2) is 0 Å². The van der Waals surface area contributed by atoms with Crippen molar-refractivity contribution in [1.82, 2.24) is 0 Å². The second-order valence-corrected chi connectivity index (χ2v) is 4.70. The van der Waals surface area contributed by atoms with Crippen LogP contribution in [0, 0.1) is 0 Å². The SMILES string of the molecule is CCCC=CCc1ccc2sccc2c1. The molecule has 15 heavy (non-hydrogen) atoms. The molecule has 0 N–H and O–H groups in total. The molecule has 0 fully saturated rings. The van der Waals surface area contributed by atoms with Gasteiger partial charge in [0.15, 0.2) is 0 Å². The van der Waals surface area contributed by atoms with E-state index in [2.05, 4.69) is 48.7 Å². The van der Waals surface area contributed by atoms with Crippen molar-refractivity contribution < 1.29 is 0 Å². The monoisotopic (exact) mass is 216 g/mol. The van der Waals surface area contributed by atoms with Crippen molar-refractivity contribution in [3.05, 3.63) is 47.4 Å². The predicted octanol–water partition coefficient (Wildman–Crippen LogP) is 4.80. The molecule has 1 heterocycles. The molecule has 1 aromatic heterocycles. The van der Waals surface area contributed by atoms with E-state index in [1.807, 2.05) is 11.3 Å². The zero-order valence-corrected chi connectivity index (χ0v) is 9.89. The molecule has 78 valence electrons. The van der Waals surface area contributed by atoms with Crippen LogP contribution in [0.5, 0.6) is 0 Å². The molecule has 0 saturated heterocycles. The molecule has 0 aliphatic carbocycles. The number of hydrogen-bond donors (Lipinski definition) is 0. The number of fused-ring (bicyclic) bond motifs is 1. The number of hydrogen-bond acceptors (Lipinski definition) is 1. The lowest BCUT2D eigenvalue weighted by atomic mass is 10.1. The summed E-state index contributed by atoms with van der Waals surface area (Å²) in [5, 5.41) is 3.53. The fourth-order valence-electron chi connectivity index (χ4n) is 1.65. The van der Waals surface area contributed by atoms with Crippen molar-refractivity contribution in [3.63, 3.8) is 0 Å². The van der Waals surface area contributed by atoms with Gasteiger partial charge in [0.25, 0.3) is 0 Å². The maximum absolute atomic E-state index is 2.29. The van der Waals surface area contributed by atoms with E-state index < -0.39 is 0 Å². The summed E-state index contributed by atoms with van der Waals surface area (Å²) in [4.78, 5) is 0. The lowest BCUT2D eigenvalue weighted by molar-refractivity contribution is 0.953. The maximum atomic E-state index is 2.29. The fourth-order valence-corrected chi connectivity index (χ4v) is 2.42. The normalized spacial score (nSPS) is 11.5. The van der Waals surface area contributed by atoms with Crippen molar-refractivity contribution in [2.45, 2.75) is 26.2 Å². The second-order valence-electron chi connectivity index (χ2n) is 3.76. The molecule has 0 aliphatic rings. The largest absolute Gasteiger partial charge is 0.144 e. The number of benzene rings is 1. The quantitative estimate of drug-likeness (QED) is 0.644. The average Bonchev–Trinajstić information content (AvgIpc) is 2.71. The Balaban J connectivity index is 2.08. The topological polar surface area (TPSA) is 0 Å². The molecule has 0 amide bonds. The van der Waals surface area contributed by atoms with Gasteiger partial charge in [-0.05, 0) is 47.4 Å². The minimum absolute atomic E-state index is 1.06. The third-order valence-electron chi connectivity index (χ3n) is 2.49. The third-order valence-corrected chi connectivity index (χ3v) is 3.39. The van der Waals surface area contributed by atoms with Crippen LogP contribution in [-0.2, 0) is 6.42 Å². The molecule has 2 aromatic rings. The van der Waals surface area contributed by atoms with Gasteiger partial charge in [0.05, 0.1) is 0 Å². The zero-order valence-electron chi connectivity index (χ0n) is 9.07. The van der Waals surface area contributed by atoms with Crippen LogP contribution in [0.15, 0.2) is 41.8 Å². The Morgan fingerprint density at radius 3 is 3.00 bits per heavy atom.